The molecular formula is C11H12N2O3. The van der Waals surface area contributed by atoms with Crippen LogP contribution >= 0.6 is 0 Å². The topological polar surface area (TPSA) is 85.9 Å². The summed E-state index contributed by atoms with van der Waals surface area (Å²) in [5.74, 6) is -0.898. The first-order valence-corrected chi connectivity index (χ1v) is 4.87. The number of carboxylic acids is 1. The largest absolute Gasteiger partial charge is 0.481 e. The van der Waals surface area contributed by atoms with Crippen molar-refractivity contribution in [3.05, 3.63) is 34.2 Å². The van der Waals surface area contributed by atoms with E-state index in [4.69, 9.17) is 5.11 Å². The van der Waals surface area contributed by atoms with Crippen molar-refractivity contribution in [2.75, 3.05) is 0 Å². The van der Waals surface area contributed by atoms with Crippen LogP contribution in [0.3, 0.4) is 0 Å². The van der Waals surface area contributed by atoms with Gasteiger partial charge in [0.2, 0.25) is 0 Å². The lowest BCUT2D eigenvalue weighted by Crippen LogP contribution is -2.28. The molecule has 0 amide bonds. The van der Waals surface area contributed by atoms with Gasteiger partial charge in [0.05, 0.1) is 16.4 Å². The van der Waals surface area contributed by atoms with E-state index in [1.54, 1.807) is 32.0 Å². The van der Waals surface area contributed by atoms with Crippen LogP contribution in [0.15, 0.2) is 23.0 Å². The van der Waals surface area contributed by atoms with E-state index in [1.807, 2.05) is 0 Å². The zero-order chi connectivity index (χ0) is 11.9. The molecule has 0 unspecified atom stereocenters. The SMILES string of the molecule is CC(C)(C(=O)O)c1ccc2[nH]c(=O)[nH]c2c1. The van der Waals surface area contributed by atoms with Gasteiger partial charge in [0.15, 0.2) is 0 Å². The highest BCUT2D eigenvalue weighted by Crippen LogP contribution is 2.25. The molecule has 0 aliphatic carbocycles. The summed E-state index contributed by atoms with van der Waals surface area (Å²) in [6, 6.07) is 5.09. The molecule has 0 radical (unpaired) electrons. The lowest BCUT2D eigenvalue weighted by atomic mass is 9.85. The number of benzene rings is 1. The quantitative estimate of drug-likeness (QED) is 0.711. The molecule has 5 nitrogen and oxygen atoms in total. The van der Waals surface area contributed by atoms with Crippen LogP contribution in [0, 0.1) is 0 Å². The third-order valence-corrected chi connectivity index (χ3v) is 2.77. The van der Waals surface area contributed by atoms with Gasteiger partial charge in [-0.15, -0.1) is 0 Å². The number of hydrogen-bond donors (Lipinski definition) is 3. The van der Waals surface area contributed by atoms with Gasteiger partial charge in [-0.1, -0.05) is 6.07 Å². The van der Waals surface area contributed by atoms with Gasteiger partial charge in [-0.25, -0.2) is 4.79 Å². The predicted octanol–water partition coefficient (Wildman–Crippen LogP) is 1.22. The molecule has 1 aromatic heterocycles. The molecule has 0 atom stereocenters. The van der Waals surface area contributed by atoms with Crippen LogP contribution in [-0.4, -0.2) is 21.0 Å². The molecule has 1 heterocycles. The van der Waals surface area contributed by atoms with Crippen molar-refractivity contribution in [2.24, 2.45) is 0 Å². The Hall–Kier alpha value is -2.04. The molecule has 2 rings (SSSR count). The van der Waals surface area contributed by atoms with Crippen molar-refractivity contribution in [1.82, 2.24) is 9.97 Å². The summed E-state index contributed by atoms with van der Waals surface area (Å²) < 4.78 is 0. The monoisotopic (exact) mass is 220 g/mol. The standard InChI is InChI=1S/C11H12N2O3/c1-11(2,9(14)15)6-3-4-7-8(5-6)13-10(16)12-7/h3-5H,1-2H3,(H,14,15)(H2,12,13,16). The highest BCUT2D eigenvalue weighted by Gasteiger charge is 2.29. The van der Waals surface area contributed by atoms with Gasteiger partial charge in [0.1, 0.15) is 0 Å². The minimum absolute atomic E-state index is 0.291. The molecule has 0 fully saturated rings. The van der Waals surface area contributed by atoms with E-state index in [1.165, 1.54) is 0 Å². The van der Waals surface area contributed by atoms with Gasteiger partial charge >= 0.3 is 11.7 Å². The zero-order valence-electron chi connectivity index (χ0n) is 9.00. The number of aromatic amines is 2. The minimum Gasteiger partial charge on any atom is -0.481 e. The second-order valence-corrected chi connectivity index (χ2v) is 4.27. The number of imidazole rings is 1. The van der Waals surface area contributed by atoms with E-state index in [9.17, 15) is 9.59 Å². The molecule has 0 saturated heterocycles. The fourth-order valence-corrected chi connectivity index (χ4v) is 1.54. The predicted molar refractivity (Wildman–Crippen MR) is 59.6 cm³/mol. The number of aliphatic carboxylic acids is 1. The Morgan fingerprint density at radius 3 is 2.50 bits per heavy atom. The molecule has 0 bridgehead atoms. The van der Waals surface area contributed by atoms with Crippen LogP contribution in [0.1, 0.15) is 19.4 Å². The second kappa shape index (κ2) is 3.23. The van der Waals surface area contributed by atoms with Gasteiger partial charge in [-0.2, -0.15) is 0 Å². The summed E-state index contributed by atoms with van der Waals surface area (Å²) in [6.07, 6.45) is 0. The molecule has 5 heteroatoms. The third kappa shape index (κ3) is 1.50. The van der Waals surface area contributed by atoms with E-state index in [0.717, 1.165) is 0 Å². The molecule has 1 aromatic carbocycles. The first-order chi connectivity index (χ1) is 7.41. The summed E-state index contributed by atoms with van der Waals surface area (Å²) in [7, 11) is 0. The van der Waals surface area contributed by atoms with E-state index >= 15 is 0 Å². The number of rotatable bonds is 2. The highest BCUT2D eigenvalue weighted by atomic mass is 16.4. The van der Waals surface area contributed by atoms with Gasteiger partial charge in [-0.3, -0.25) is 4.79 Å². The fraction of sp³-hybridized carbons (Fsp3) is 0.273. The maximum atomic E-state index is 11.1. The van der Waals surface area contributed by atoms with Gasteiger partial charge in [0.25, 0.3) is 0 Å². The van der Waals surface area contributed by atoms with Crippen LogP contribution in [-0.2, 0) is 10.2 Å². The number of aromatic nitrogens is 2. The summed E-state index contributed by atoms with van der Waals surface area (Å²) in [4.78, 5) is 27.4. The average molecular weight is 220 g/mol. The van der Waals surface area contributed by atoms with Crippen LogP contribution < -0.4 is 5.69 Å². The molecule has 16 heavy (non-hydrogen) atoms. The number of carbonyl (C=O) groups is 1. The fourth-order valence-electron chi connectivity index (χ4n) is 1.54. The van der Waals surface area contributed by atoms with Crippen LogP contribution in [0.25, 0.3) is 11.0 Å². The smallest absolute Gasteiger partial charge is 0.323 e. The van der Waals surface area contributed by atoms with Gasteiger partial charge < -0.3 is 15.1 Å². The molecule has 0 saturated carbocycles. The van der Waals surface area contributed by atoms with Crippen molar-refractivity contribution in [2.45, 2.75) is 19.3 Å². The highest BCUT2D eigenvalue weighted by molar-refractivity contribution is 5.83. The Kier molecular flexibility index (Phi) is 2.11. The maximum absolute atomic E-state index is 11.1. The lowest BCUT2D eigenvalue weighted by molar-refractivity contribution is -0.142. The molecule has 2 aromatic rings. The van der Waals surface area contributed by atoms with Crippen molar-refractivity contribution in [1.29, 1.82) is 0 Å². The molecule has 0 spiro atoms. The molecular weight excluding hydrogens is 208 g/mol. The third-order valence-electron chi connectivity index (χ3n) is 2.77. The first kappa shape index (κ1) is 10.5. The molecule has 84 valence electrons. The summed E-state index contributed by atoms with van der Waals surface area (Å²) in [6.45, 7) is 3.25. The van der Waals surface area contributed by atoms with Crippen molar-refractivity contribution >= 4 is 17.0 Å². The Balaban J connectivity index is 2.63. The molecule has 0 aliphatic rings. The van der Waals surface area contributed by atoms with Crippen molar-refractivity contribution < 1.29 is 9.90 Å². The minimum atomic E-state index is -0.970. The van der Waals surface area contributed by atoms with E-state index < -0.39 is 11.4 Å². The Morgan fingerprint density at radius 2 is 1.88 bits per heavy atom. The van der Waals surface area contributed by atoms with Crippen molar-refractivity contribution in [3.63, 3.8) is 0 Å². The van der Waals surface area contributed by atoms with E-state index in [2.05, 4.69) is 9.97 Å². The van der Waals surface area contributed by atoms with Crippen LogP contribution in [0.4, 0.5) is 0 Å². The zero-order valence-corrected chi connectivity index (χ0v) is 9.00. The molecule has 0 aliphatic heterocycles. The summed E-state index contributed by atoms with van der Waals surface area (Å²) in [5, 5.41) is 9.09. The number of nitrogens with one attached hydrogen (secondary N) is 2. The van der Waals surface area contributed by atoms with Crippen LogP contribution in [0.2, 0.25) is 0 Å². The summed E-state index contributed by atoms with van der Waals surface area (Å²) in [5.41, 5.74) is 0.692. The number of hydrogen-bond acceptors (Lipinski definition) is 2. The molecule has 3 N–H and O–H groups in total. The Morgan fingerprint density at radius 1 is 1.25 bits per heavy atom. The average Bonchev–Trinajstić information content (AvgIpc) is 2.56. The van der Waals surface area contributed by atoms with Crippen molar-refractivity contribution in [3.8, 4) is 0 Å². The van der Waals surface area contributed by atoms with Crippen LogP contribution in [0.5, 0.6) is 0 Å². The Bertz CT molecular complexity index is 607. The second-order valence-electron chi connectivity index (χ2n) is 4.27. The first-order valence-electron chi connectivity index (χ1n) is 4.87. The Labute approximate surface area is 91.1 Å². The number of fused-ring (bicyclic) bond motifs is 1. The normalized spacial score (nSPS) is 11.9. The number of carboxylic acid groups (broad SMARTS) is 1. The van der Waals surface area contributed by atoms with Gasteiger partial charge in [-0.05, 0) is 31.5 Å². The lowest BCUT2D eigenvalue weighted by Gasteiger charge is -2.19. The van der Waals surface area contributed by atoms with E-state index in [-0.39, 0.29) is 5.69 Å². The number of H-pyrrole nitrogens is 2. The maximum Gasteiger partial charge on any atom is 0.323 e. The summed E-state index contributed by atoms with van der Waals surface area (Å²) >= 11 is 0. The van der Waals surface area contributed by atoms with E-state index in [0.29, 0.717) is 16.6 Å². The van der Waals surface area contributed by atoms with Gasteiger partial charge in [0, 0.05) is 0 Å².